The second-order valence-corrected chi connectivity index (χ2v) is 2.59. The van der Waals surface area contributed by atoms with Crippen molar-refractivity contribution in [3.05, 3.63) is 29.6 Å². The summed E-state index contributed by atoms with van der Waals surface area (Å²) in [7, 11) is 0. The summed E-state index contributed by atoms with van der Waals surface area (Å²) in [6.07, 6.45) is -0.928. The lowest BCUT2D eigenvalue weighted by molar-refractivity contribution is 0.167. The van der Waals surface area contributed by atoms with E-state index in [0.717, 1.165) is 0 Å². The van der Waals surface area contributed by atoms with E-state index in [4.69, 9.17) is 0 Å². The number of carbonyl (C=O) groups excluding carboxylic acids is 1. The number of rotatable bonds is 2. The first-order valence-electron chi connectivity index (χ1n) is 4.13. The molecule has 0 saturated carbocycles. The second-order valence-electron chi connectivity index (χ2n) is 2.59. The largest absolute Gasteiger partial charge is 0.450 e. The van der Waals surface area contributed by atoms with E-state index >= 15 is 0 Å². The third-order valence-electron chi connectivity index (χ3n) is 1.52. The molecule has 3 nitrogen and oxygen atoms in total. The van der Waals surface area contributed by atoms with Gasteiger partial charge in [0, 0.05) is 12.1 Å². The normalized spacial score (nSPS) is 9.87. The molecular formula is C9H8F3NO2. The molecule has 0 atom stereocenters. The fraction of sp³-hybridized carbons (Fsp3) is 0.222. The predicted octanol–water partition coefficient (Wildman–Crippen LogP) is 2.67. The minimum Gasteiger partial charge on any atom is -0.450 e. The van der Waals surface area contributed by atoms with E-state index in [1.54, 1.807) is 6.92 Å². The third-order valence-corrected chi connectivity index (χ3v) is 1.52. The maximum absolute atomic E-state index is 13.0. The highest BCUT2D eigenvalue weighted by Crippen LogP contribution is 2.18. The summed E-state index contributed by atoms with van der Waals surface area (Å²) < 4.78 is 42.5. The number of hydrogen-bond donors (Lipinski definition) is 1. The van der Waals surface area contributed by atoms with Crippen LogP contribution >= 0.6 is 0 Å². The van der Waals surface area contributed by atoms with Crippen LogP contribution in [0.2, 0.25) is 0 Å². The monoisotopic (exact) mass is 219 g/mol. The van der Waals surface area contributed by atoms with Crippen molar-refractivity contribution in [1.82, 2.24) is 0 Å². The van der Waals surface area contributed by atoms with Gasteiger partial charge < -0.3 is 4.74 Å². The molecule has 0 bridgehead atoms. The summed E-state index contributed by atoms with van der Waals surface area (Å²) in [5, 5.41) is 1.94. The number of amides is 1. The number of nitrogens with one attached hydrogen (secondary N) is 1. The van der Waals surface area contributed by atoms with Crippen LogP contribution in [-0.2, 0) is 4.74 Å². The molecule has 0 aromatic heterocycles. The van der Waals surface area contributed by atoms with Gasteiger partial charge in [-0.05, 0) is 6.92 Å². The zero-order chi connectivity index (χ0) is 11.4. The highest BCUT2D eigenvalue weighted by molar-refractivity contribution is 5.84. The molecule has 0 aliphatic carbocycles. The molecule has 1 amide bonds. The van der Waals surface area contributed by atoms with Crippen LogP contribution in [0, 0.1) is 17.5 Å². The lowest BCUT2D eigenvalue weighted by Crippen LogP contribution is -2.14. The molecule has 1 rings (SSSR count). The minimum absolute atomic E-state index is 0.0944. The van der Waals surface area contributed by atoms with Gasteiger partial charge in [-0.1, -0.05) is 0 Å². The van der Waals surface area contributed by atoms with E-state index < -0.39 is 29.2 Å². The SMILES string of the molecule is CCOC(=O)Nc1cc(F)c(F)cc1F. The lowest BCUT2D eigenvalue weighted by Gasteiger charge is -2.06. The zero-order valence-electron chi connectivity index (χ0n) is 7.81. The summed E-state index contributed by atoms with van der Waals surface area (Å²) in [6, 6.07) is 0.887. The van der Waals surface area contributed by atoms with Crippen LogP contribution < -0.4 is 5.32 Å². The molecular weight excluding hydrogens is 211 g/mol. The molecule has 82 valence electrons. The first kappa shape index (κ1) is 11.4. The number of benzene rings is 1. The van der Waals surface area contributed by atoms with Crippen LogP contribution in [0.15, 0.2) is 12.1 Å². The summed E-state index contributed by atoms with van der Waals surface area (Å²) in [5.74, 6) is -3.63. The van der Waals surface area contributed by atoms with Gasteiger partial charge in [-0.25, -0.2) is 18.0 Å². The quantitative estimate of drug-likeness (QED) is 0.776. The van der Waals surface area contributed by atoms with Gasteiger partial charge in [0.15, 0.2) is 11.6 Å². The van der Waals surface area contributed by atoms with Gasteiger partial charge in [0.1, 0.15) is 5.82 Å². The van der Waals surface area contributed by atoms with Crippen molar-refractivity contribution in [3.8, 4) is 0 Å². The first-order chi connectivity index (χ1) is 7.04. The highest BCUT2D eigenvalue weighted by Gasteiger charge is 2.12. The Kier molecular flexibility index (Phi) is 3.54. The van der Waals surface area contributed by atoms with E-state index in [-0.39, 0.29) is 6.61 Å². The topological polar surface area (TPSA) is 38.3 Å². The Hall–Kier alpha value is -1.72. The van der Waals surface area contributed by atoms with E-state index in [0.29, 0.717) is 12.1 Å². The average Bonchev–Trinajstić information content (AvgIpc) is 2.14. The number of hydrogen-bond acceptors (Lipinski definition) is 2. The van der Waals surface area contributed by atoms with Crippen LogP contribution in [0.1, 0.15) is 6.92 Å². The van der Waals surface area contributed by atoms with Gasteiger partial charge in [-0.2, -0.15) is 0 Å². The molecule has 0 saturated heterocycles. The Morgan fingerprint density at radius 2 is 1.87 bits per heavy atom. The molecule has 0 aliphatic rings. The van der Waals surface area contributed by atoms with E-state index in [1.807, 2.05) is 5.32 Å². The number of anilines is 1. The molecule has 1 aromatic carbocycles. The molecule has 0 fully saturated rings. The number of halogens is 3. The molecule has 0 unspecified atom stereocenters. The van der Waals surface area contributed by atoms with Crippen molar-refractivity contribution in [2.45, 2.75) is 6.92 Å². The van der Waals surface area contributed by atoms with Gasteiger partial charge >= 0.3 is 6.09 Å². The predicted molar refractivity (Wildman–Crippen MR) is 47.0 cm³/mol. The van der Waals surface area contributed by atoms with Crippen LogP contribution in [0.25, 0.3) is 0 Å². The Morgan fingerprint density at radius 3 is 2.47 bits per heavy atom. The van der Waals surface area contributed by atoms with Crippen LogP contribution in [-0.4, -0.2) is 12.7 Å². The molecule has 0 aliphatic heterocycles. The van der Waals surface area contributed by atoms with Crippen LogP contribution in [0.5, 0.6) is 0 Å². The van der Waals surface area contributed by atoms with Crippen molar-refractivity contribution in [2.75, 3.05) is 11.9 Å². The van der Waals surface area contributed by atoms with Gasteiger partial charge in [0.25, 0.3) is 0 Å². The average molecular weight is 219 g/mol. The Morgan fingerprint density at radius 1 is 1.27 bits per heavy atom. The highest BCUT2D eigenvalue weighted by atomic mass is 19.2. The summed E-state index contributed by atoms with van der Waals surface area (Å²) in [5.41, 5.74) is -0.465. The molecule has 0 radical (unpaired) electrons. The van der Waals surface area contributed by atoms with Crippen LogP contribution in [0.3, 0.4) is 0 Å². The third kappa shape index (κ3) is 2.87. The van der Waals surface area contributed by atoms with E-state index in [2.05, 4.69) is 4.74 Å². The fourth-order valence-electron chi connectivity index (χ4n) is 0.895. The number of ether oxygens (including phenoxy) is 1. The molecule has 1 aromatic rings. The number of carbonyl (C=O) groups is 1. The van der Waals surface area contributed by atoms with Gasteiger partial charge in [-0.15, -0.1) is 0 Å². The first-order valence-corrected chi connectivity index (χ1v) is 4.13. The molecule has 1 N–H and O–H groups in total. The van der Waals surface area contributed by atoms with E-state index in [9.17, 15) is 18.0 Å². The molecule has 0 heterocycles. The molecule has 6 heteroatoms. The van der Waals surface area contributed by atoms with Crippen molar-refractivity contribution >= 4 is 11.8 Å². The molecule has 0 spiro atoms. The lowest BCUT2D eigenvalue weighted by atomic mass is 10.3. The van der Waals surface area contributed by atoms with E-state index in [1.165, 1.54) is 0 Å². The summed E-state index contributed by atoms with van der Waals surface area (Å²) in [6.45, 7) is 1.65. The summed E-state index contributed by atoms with van der Waals surface area (Å²) in [4.78, 5) is 10.8. The maximum atomic E-state index is 13.0. The van der Waals surface area contributed by atoms with Gasteiger partial charge in [0.05, 0.1) is 12.3 Å². The van der Waals surface area contributed by atoms with Gasteiger partial charge in [0.2, 0.25) is 0 Å². The zero-order valence-corrected chi connectivity index (χ0v) is 7.81. The Balaban J connectivity index is 2.86. The Labute approximate surface area is 83.8 Å². The van der Waals surface area contributed by atoms with Crippen molar-refractivity contribution in [2.24, 2.45) is 0 Å². The van der Waals surface area contributed by atoms with Crippen molar-refractivity contribution in [1.29, 1.82) is 0 Å². The van der Waals surface area contributed by atoms with Crippen molar-refractivity contribution in [3.63, 3.8) is 0 Å². The Bertz CT molecular complexity index is 382. The van der Waals surface area contributed by atoms with Crippen LogP contribution in [0.4, 0.5) is 23.7 Å². The summed E-state index contributed by atoms with van der Waals surface area (Å²) >= 11 is 0. The fourth-order valence-corrected chi connectivity index (χ4v) is 0.895. The second kappa shape index (κ2) is 4.68. The molecule has 15 heavy (non-hydrogen) atoms. The van der Waals surface area contributed by atoms with Gasteiger partial charge in [-0.3, -0.25) is 5.32 Å². The minimum atomic E-state index is -1.32. The standard InChI is InChI=1S/C9H8F3NO2/c1-2-15-9(14)13-8-4-6(11)5(10)3-7(8)12/h3-4H,2H2,1H3,(H,13,14). The smallest absolute Gasteiger partial charge is 0.411 e. The maximum Gasteiger partial charge on any atom is 0.411 e. The van der Waals surface area contributed by atoms with Crippen molar-refractivity contribution < 1.29 is 22.7 Å².